The van der Waals surface area contributed by atoms with Crippen LogP contribution in [0.4, 0.5) is 0 Å². The number of hydrogen-bond acceptors (Lipinski definition) is 4. The summed E-state index contributed by atoms with van der Waals surface area (Å²) in [7, 11) is 1.33. The minimum atomic E-state index is -0.841. The highest BCUT2D eigenvalue weighted by molar-refractivity contribution is 5.69. The van der Waals surface area contributed by atoms with Crippen LogP contribution in [0.2, 0.25) is 0 Å². The van der Waals surface area contributed by atoms with Crippen molar-refractivity contribution in [1.82, 2.24) is 0 Å². The number of carbonyl (C=O) groups excluding carboxylic acids is 1. The number of methoxy groups -OCH3 is 1. The van der Waals surface area contributed by atoms with Crippen molar-refractivity contribution in [3.8, 4) is 0 Å². The fourth-order valence-electron chi connectivity index (χ4n) is 1.80. The standard InChI is InChI=1S/C23H34O4/c1-3-4-11-16-21(24)17-12-8-6-5-7-9-13-18-22(25)19-14-10-15-20-23(26)27-2/h4,6-14,17-18,21-22,24-25H,3,5,15-16,19-20H2,1-2H3/b8-6-,9-7-,11-4-,14-10-,17-12+,18-13+/t21-,22+/m0/s1/i6D,7D,8D,9D. The molecule has 0 fully saturated rings. The molecule has 2 atom stereocenters. The molecule has 0 rings (SSSR count). The Morgan fingerprint density at radius 2 is 1.56 bits per heavy atom. The highest BCUT2D eigenvalue weighted by atomic mass is 16.5. The summed E-state index contributed by atoms with van der Waals surface area (Å²) in [6, 6.07) is -0.561. The van der Waals surface area contributed by atoms with Gasteiger partial charge in [0.1, 0.15) is 0 Å². The maximum atomic E-state index is 11.0. The van der Waals surface area contributed by atoms with Crippen LogP contribution < -0.4 is 0 Å². The van der Waals surface area contributed by atoms with Gasteiger partial charge in [-0.05, 0) is 32.1 Å². The molecular formula is C23H34O4. The number of esters is 1. The summed E-state index contributed by atoms with van der Waals surface area (Å²) in [5.74, 6) is -0.300. The predicted octanol–water partition coefficient (Wildman–Crippen LogP) is 4.58. The molecule has 0 aromatic heterocycles. The van der Waals surface area contributed by atoms with Gasteiger partial charge in [-0.2, -0.15) is 0 Å². The number of allylic oxidation sites excluding steroid dienone is 8. The molecule has 0 saturated carbocycles. The molecule has 0 aromatic rings. The number of carbonyl (C=O) groups is 1. The molecule has 0 aliphatic carbocycles. The van der Waals surface area contributed by atoms with E-state index >= 15 is 0 Å². The van der Waals surface area contributed by atoms with Crippen LogP contribution >= 0.6 is 0 Å². The molecule has 0 heterocycles. The maximum Gasteiger partial charge on any atom is 0.305 e. The van der Waals surface area contributed by atoms with Crippen molar-refractivity contribution in [2.24, 2.45) is 0 Å². The van der Waals surface area contributed by atoms with E-state index in [1.165, 1.54) is 31.4 Å². The van der Waals surface area contributed by atoms with Crippen LogP contribution in [-0.4, -0.2) is 35.5 Å². The first-order valence-electron chi connectivity index (χ1n) is 11.1. The van der Waals surface area contributed by atoms with E-state index in [0.717, 1.165) is 6.42 Å². The van der Waals surface area contributed by atoms with E-state index in [4.69, 9.17) is 5.48 Å². The molecule has 0 saturated heterocycles. The lowest BCUT2D eigenvalue weighted by atomic mass is 10.2. The van der Waals surface area contributed by atoms with Crippen LogP contribution in [0.3, 0.4) is 0 Å². The van der Waals surface area contributed by atoms with Crippen LogP contribution in [0.1, 0.15) is 50.9 Å². The topological polar surface area (TPSA) is 66.8 Å². The summed E-state index contributed by atoms with van der Waals surface area (Å²) in [6.07, 6.45) is 13.3. The Labute approximate surface area is 169 Å². The van der Waals surface area contributed by atoms with Crippen molar-refractivity contribution in [2.45, 2.75) is 57.7 Å². The smallest absolute Gasteiger partial charge is 0.305 e. The molecule has 0 unspecified atom stereocenters. The third-order valence-electron chi connectivity index (χ3n) is 3.25. The zero-order valence-electron chi connectivity index (χ0n) is 20.2. The van der Waals surface area contributed by atoms with Crippen molar-refractivity contribution < 1.29 is 25.2 Å². The summed E-state index contributed by atoms with van der Waals surface area (Å²) >= 11 is 0. The summed E-state index contributed by atoms with van der Waals surface area (Å²) < 4.78 is 36.1. The summed E-state index contributed by atoms with van der Waals surface area (Å²) in [5, 5.41) is 19.7. The maximum absolute atomic E-state index is 11.0. The Kier molecular flexibility index (Phi) is 12.6. The van der Waals surface area contributed by atoms with Crippen molar-refractivity contribution in [3.05, 3.63) is 72.8 Å². The Morgan fingerprint density at radius 3 is 2.07 bits per heavy atom. The third-order valence-corrected chi connectivity index (χ3v) is 3.25. The average molecular weight is 379 g/mol. The molecule has 0 aliphatic rings. The highest BCUT2D eigenvalue weighted by Gasteiger charge is 1.97. The molecule has 150 valence electrons. The third kappa shape index (κ3) is 18.4. The Morgan fingerprint density at radius 1 is 1.00 bits per heavy atom. The lowest BCUT2D eigenvalue weighted by molar-refractivity contribution is -0.140. The second-order valence-electron chi connectivity index (χ2n) is 5.61. The molecule has 27 heavy (non-hydrogen) atoms. The van der Waals surface area contributed by atoms with Crippen molar-refractivity contribution in [3.63, 3.8) is 0 Å². The molecular weight excluding hydrogens is 340 g/mol. The van der Waals surface area contributed by atoms with Crippen LogP contribution in [0.5, 0.6) is 0 Å². The monoisotopic (exact) mass is 378 g/mol. The van der Waals surface area contributed by atoms with Crippen LogP contribution in [0, 0.1) is 0 Å². The van der Waals surface area contributed by atoms with E-state index < -0.39 is 12.2 Å². The predicted molar refractivity (Wildman–Crippen MR) is 112 cm³/mol. The fraction of sp³-hybridized carbons (Fsp3) is 0.435. The van der Waals surface area contributed by atoms with Crippen LogP contribution in [0.25, 0.3) is 0 Å². The largest absolute Gasteiger partial charge is 0.469 e. The van der Waals surface area contributed by atoms with Gasteiger partial charge in [-0.3, -0.25) is 4.79 Å². The van der Waals surface area contributed by atoms with Crippen molar-refractivity contribution in [2.75, 3.05) is 7.11 Å². The Bertz CT molecular complexity index is 721. The van der Waals surface area contributed by atoms with Gasteiger partial charge in [-0.1, -0.05) is 79.7 Å². The second kappa shape index (κ2) is 18.6. The number of hydrogen-bond donors (Lipinski definition) is 2. The molecule has 4 nitrogen and oxygen atoms in total. The van der Waals surface area contributed by atoms with Gasteiger partial charge in [0.2, 0.25) is 0 Å². The Balaban J connectivity index is 4.69. The summed E-state index contributed by atoms with van der Waals surface area (Å²) in [4.78, 5) is 11.0. The van der Waals surface area contributed by atoms with Crippen molar-refractivity contribution in [1.29, 1.82) is 0 Å². The van der Waals surface area contributed by atoms with Gasteiger partial charge in [0.25, 0.3) is 0 Å². The van der Waals surface area contributed by atoms with Gasteiger partial charge >= 0.3 is 5.97 Å². The van der Waals surface area contributed by atoms with Crippen LogP contribution in [-0.2, 0) is 9.53 Å². The summed E-state index contributed by atoms with van der Waals surface area (Å²) in [5.41, 5.74) is 0. The van der Waals surface area contributed by atoms with Gasteiger partial charge in [0, 0.05) is 6.42 Å². The first-order chi connectivity index (χ1) is 14.7. The molecule has 0 amide bonds. The molecule has 4 heteroatoms. The first-order valence-corrected chi connectivity index (χ1v) is 9.13. The fourth-order valence-corrected chi connectivity index (χ4v) is 1.80. The van der Waals surface area contributed by atoms with E-state index in [-0.39, 0.29) is 43.0 Å². The van der Waals surface area contributed by atoms with E-state index in [1.807, 2.05) is 19.1 Å². The van der Waals surface area contributed by atoms with Crippen LogP contribution in [0.15, 0.2) is 72.8 Å². The molecule has 2 N–H and O–H groups in total. The van der Waals surface area contributed by atoms with Gasteiger partial charge in [-0.15, -0.1) is 0 Å². The number of rotatable bonds is 14. The van der Waals surface area contributed by atoms with Gasteiger partial charge in [0.05, 0.1) is 24.8 Å². The Hall–Kier alpha value is -2.17. The molecule has 0 radical (unpaired) electrons. The van der Waals surface area contributed by atoms with E-state index in [1.54, 1.807) is 12.2 Å². The lowest BCUT2D eigenvalue weighted by Crippen LogP contribution is -1.99. The number of ether oxygens (including phenoxy) is 1. The van der Waals surface area contributed by atoms with Crippen molar-refractivity contribution >= 4 is 5.97 Å². The molecule has 0 aromatic carbocycles. The summed E-state index contributed by atoms with van der Waals surface area (Å²) in [6.45, 7) is 1.99. The lowest BCUT2D eigenvalue weighted by Gasteiger charge is -1.99. The SMILES string of the molecule is [2H]C(/C=C/[C@@H](O)C/C=C\CC)=C(\[2H])C/C([2H])=C([2H])\C=C\[C@@H](O)C/C=C\CCC(=O)OC. The first kappa shape index (κ1) is 18.2. The molecule has 0 aliphatic heterocycles. The highest BCUT2D eigenvalue weighted by Crippen LogP contribution is 2.00. The van der Waals surface area contributed by atoms with E-state index in [2.05, 4.69) is 4.74 Å². The molecule has 0 bridgehead atoms. The van der Waals surface area contributed by atoms with Gasteiger partial charge < -0.3 is 14.9 Å². The minimum Gasteiger partial charge on any atom is -0.469 e. The zero-order chi connectivity index (χ0) is 23.6. The average Bonchev–Trinajstić information content (AvgIpc) is 2.75. The number of aliphatic hydroxyl groups is 2. The zero-order valence-corrected chi connectivity index (χ0v) is 16.2. The van der Waals surface area contributed by atoms with Gasteiger partial charge in [0.15, 0.2) is 0 Å². The second-order valence-corrected chi connectivity index (χ2v) is 5.61. The minimum absolute atomic E-state index is 0.128. The normalized spacial score (nSPS) is 18.8. The van der Waals surface area contributed by atoms with E-state index in [9.17, 15) is 15.0 Å². The quantitative estimate of drug-likeness (QED) is 0.264. The van der Waals surface area contributed by atoms with E-state index in [0.29, 0.717) is 19.3 Å². The van der Waals surface area contributed by atoms with Gasteiger partial charge in [-0.25, -0.2) is 0 Å². The number of aliphatic hydroxyl groups excluding tert-OH is 2. The molecule has 0 spiro atoms.